The van der Waals surface area contributed by atoms with Gasteiger partial charge in [0.05, 0.1) is 13.7 Å². The SMILES string of the molecule is COc1ccc2cc(C(C)NCC(F)(F)CO)ccc2c1. The Kier molecular flexibility index (Phi) is 4.75. The van der Waals surface area contributed by atoms with Crippen LogP contribution >= 0.6 is 0 Å². The van der Waals surface area contributed by atoms with E-state index in [9.17, 15) is 8.78 Å². The fraction of sp³-hybridized carbons (Fsp3) is 0.375. The molecule has 5 heteroatoms. The van der Waals surface area contributed by atoms with Crippen LogP contribution in [-0.4, -0.2) is 31.3 Å². The van der Waals surface area contributed by atoms with Crippen LogP contribution in [-0.2, 0) is 0 Å². The van der Waals surface area contributed by atoms with Gasteiger partial charge in [-0.05, 0) is 41.5 Å². The van der Waals surface area contributed by atoms with Crippen molar-refractivity contribution in [1.82, 2.24) is 5.32 Å². The Bertz CT molecular complexity index is 616. The molecular formula is C16H19F2NO2. The first-order valence-corrected chi connectivity index (χ1v) is 6.75. The van der Waals surface area contributed by atoms with E-state index in [4.69, 9.17) is 9.84 Å². The summed E-state index contributed by atoms with van der Waals surface area (Å²) >= 11 is 0. The molecule has 3 nitrogen and oxygen atoms in total. The molecule has 1 atom stereocenters. The molecule has 0 aliphatic heterocycles. The average Bonchev–Trinajstić information content (AvgIpc) is 2.51. The zero-order chi connectivity index (χ0) is 15.5. The van der Waals surface area contributed by atoms with Crippen molar-refractivity contribution in [2.45, 2.75) is 18.9 Å². The Morgan fingerprint density at radius 2 is 1.86 bits per heavy atom. The summed E-state index contributed by atoms with van der Waals surface area (Å²) in [5, 5.41) is 13.4. The molecule has 0 amide bonds. The minimum Gasteiger partial charge on any atom is -0.497 e. The van der Waals surface area contributed by atoms with Crippen LogP contribution < -0.4 is 10.1 Å². The highest BCUT2D eigenvalue weighted by atomic mass is 19.3. The van der Waals surface area contributed by atoms with E-state index in [2.05, 4.69) is 5.32 Å². The maximum atomic E-state index is 13.0. The molecule has 0 aliphatic rings. The third kappa shape index (κ3) is 3.89. The molecular weight excluding hydrogens is 276 g/mol. The van der Waals surface area contributed by atoms with Crippen LogP contribution in [0.3, 0.4) is 0 Å². The van der Waals surface area contributed by atoms with Gasteiger partial charge in [-0.3, -0.25) is 0 Å². The van der Waals surface area contributed by atoms with Crippen LogP contribution in [0.5, 0.6) is 5.75 Å². The molecule has 0 heterocycles. The van der Waals surface area contributed by atoms with Crippen LogP contribution in [0.15, 0.2) is 36.4 Å². The van der Waals surface area contributed by atoms with E-state index in [1.165, 1.54) is 0 Å². The van der Waals surface area contributed by atoms with Gasteiger partial charge in [0, 0.05) is 6.04 Å². The summed E-state index contributed by atoms with van der Waals surface area (Å²) in [4.78, 5) is 0. The molecule has 2 aromatic carbocycles. The van der Waals surface area contributed by atoms with E-state index in [-0.39, 0.29) is 6.04 Å². The van der Waals surface area contributed by atoms with Crippen LogP contribution in [0.1, 0.15) is 18.5 Å². The second-order valence-electron chi connectivity index (χ2n) is 5.09. The van der Waals surface area contributed by atoms with Gasteiger partial charge in [-0.2, -0.15) is 0 Å². The van der Waals surface area contributed by atoms with Gasteiger partial charge in [-0.25, -0.2) is 8.78 Å². The molecule has 0 radical (unpaired) electrons. The van der Waals surface area contributed by atoms with E-state index in [1.807, 2.05) is 43.3 Å². The maximum Gasteiger partial charge on any atom is 0.282 e. The highest BCUT2D eigenvalue weighted by molar-refractivity contribution is 5.84. The summed E-state index contributed by atoms with van der Waals surface area (Å²) in [6.45, 7) is 0.119. The van der Waals surface area contributed by atoms with Crippen molar-refractivity contribution in [2.24, 2.45) is 0 Å². The second-order valence-corrected chi connectivity index (χ2v) is 5.09. The van der Waals surface area contributed by atoms with E-state index < -0.39 is 19.1 Å². The van der Waals surface area contributed by atoms with Crippen LogP contribution in [0.4, 0.5) is 8.78 Å². The predicted molar refractivity (Wildman–Crippen MR) is 79.0 cm³/mol. The Hall–Kier alpha value is -1.72. The topological polar surface area (TPSA) is 41.5 Å². The number of aliphatic hydroxyl groups is 1. The monoisotopic (exact) mass is 295 g/mol. The summed E-state index contributed by atoms with van der Waals surface area (Å²) in [5.41, 5.74) is 0.918. The molecule has 2 aromatic rings. The highest BCUT2D eigenvalue weighted by Gasteiger charge is 2.27. The summed E-state index contributed by atoms with van der Waals surface area (Å²) in [7, 11) is 1.61. The van der Waals surface area contributed by atoms with E-state index >= 15 is 0 Å². The first kappa shape index (κ1) is 15.7. The van der Waals surface area contributed by atoms with Crippen molar-refractivity contribution in [2.75, 3.05) is 20.3 Å². The lowest BCUT2D eigenvalue weighted by Crippen LogP contribution is -2.37. The third-order valence-corrected chi connectivity index (χ3v) is 3.47. The van der Waals surface area contributed by atoms with Crippen molar-refractivity contribution in [3.8, 4) is 5.75 Å². The van der Waals surface area contributed by atoms with Gasteiger partial charge in [0.25, 0.3) is 5.92 Å². The summed E-state index contributed by atoms with van der Waals surface area (Å²) in [5.74, 6) is -2.32. The van der Waals surface area contributed by atoms with Gasteiger partial charge in [-0.15, -0.1) is 0 Å². The summed E-state index contributed by atoms with van der Waals surface area (Å²) < 4.78 is 31.2. The molecule has 0 spiro atoms. The summed E-state index contributed by atoms with van der Waals surface area (Å²) in [6.07, 6.45) is 0. The molecule has 0 fully saturated rings. The normalized spacial score (nSPS) is 13.4. The number of aliphatic hydroxyl groups excluding tert-OH is 1. The largest absolute Gasteiger partial charge is 0.497 e. The van der Waals surface area contributed by atoms with Crippen LogP contribution in [0, 0.1) is 0 Å². The van der Waals surface area contributed by atoms with E-state index in [0.717, 1.165) is 22.1 Å². The lowest BCUT2D eigenvalue weighted by molar-refractivity contribution is -0.0490. The van der Waals surface area contributed by atoms with Crippen molar-refractivity contribution in [3.63, 3.8) is 0 Å². The number of hydrogen-bond donors (Lipinski definition) is 2. The van der Waals surface area contributed by atoms with Gasteiger partial charge in [-0.1, -0.05) is 18.2 Å². The molecule has 0 bridgehead atoms. The van der Waals surface area contributed by atoms with Gasteiger partial charge in [0.15, 0.2) is 0 Å². The number of alkyl halides is 2. The van der Waals surface area contributed by atoms with Crippen molar-refractivity contribution < 1.29 is 18.6 Å². The van der Waals surface area contributed by atoms with Crippen LogP contribution in [0.25, 0.3) is 10.8 Å². The Labute approximate surface area is 122 Å². The zero-order valence-electron chi connectivity index (χ0n) is 12.1. The Balaban J connectivity index is 2.15. The van der Waals surface area contributed by atoms with Crippen LogP contribution in [0.2, 0.25) is 0 Å². The molecule has 0 aromatic heterocycles. The molecule has 0 saturated heterocycles. The van der Waals surface area contributed by atoms with Crippen molar-refractivity contribution in [1.29, 1.82) is 0 Å². The lowest BCUT2D eigenvalue weighted by atomic mass is 10.0. The lowest BCUT2D eigenvalue weighted by Gasteiger charge is -2.19. The predicted octanol–water partition coefficient (Wildman–Crippen LogP) is 3.13. The standard InChI is InChI=1S/C16H19F2NO2/c1-11(19-9-16(17,18)10-20)12-3-4-14-8-15(21-2)6-5-13(14)7-12/h3-8,11,19-20H,9-10H2,1-2H3. The molecule has 1 unspecified atom stereocenters. The second kappa shape index (κ2) is 6.37. The number of ether oxygens (including phenoxy) is 1. The van der Waals surface area contributed by atoms with Gasteiger partial charge in [0.1, 0.15) is 12.4 Å². The number of nitrogens with one attached hydrogen (secondary N) is 1. The number of halogens is 2. The van der Waals surface area contributed by atoms with Gasteiger partial charge >= 0.3 is 0 Å². The Morgan fingerprint density at radius 3 is 2.52 bits per heavy atom. The smallest absolute Gasteiger partial charge is 0.282 e. The van der Waals surface area contributed by atoms with Crippen molar-refractivity contribution >= 4 is 10.8 Å². The van der Waals surface area contributed by atoms with Crippen molar-refractivity contribution in [3.05, 3.63) is 42.0 Å². The molecule has 21 heavy (non-hydrogen) atoms. The first-order chi connectivity index (χ1) is 9.95. The number of rotatable bonds is 6. The zero-order valence-corrected chi connectivity index (χ0v) is 12.1. The number of benzene rings is 2. The van der Waals surface area contributed by atoms with Gasteiger partial charge < -0.3 is 15.2 Å². The molecule has 0 aliphatic carbocycles. The average molecular weight is 295 g/mol. The highest BCUT2D eigenvalue weighted by Crippen LogP contribution is 2.24. The van der Waals surface area contributed by atoms with Gasteiger partial charge in [0.2, 0.25) is 0 Å². The molecule has 2 N–H and O–H groups in total. The first-order valence-electron chi connectivity index (χ1n) is 6.75. The molecule has 2 rings (SSSR count). The molecule has 114 valence electrons. The maximum absolute atomic E-state index is 13.0. The quantitative estimate of drug-likeness (QED) is 0.860. The minimum absolute atomic E-state index is 0.228. The number of methoxy groups -OCH3 is 1. The summed E-state index contributed by atoms with van der Waals surface area (Å²) in [6, 6.07) is 11.3. The van der Waals surface area contributed by atoms with E-state index in [1.54, 1.807) is 7.11 Å². The minimum atomic E-state index is -3.10. The Morgan fingerprint density at radius 1 is 1.19 bits per heavy atom. The third-order valence-electron chi connectivity index (χ3n) is 3.47. The fourth-order valence-electron chi connectivity index (χ4n) is 2.11. The van der Waals surface area contributed by atoms with E-state index in [0.29, 0.717) is 0 Å². The molecule has 0 saturated carbocycles. The number of hydrogen-bond acceptors (Lipinski definition) is 3. The number of fused-ring (bicyclic) bond motifs is 1. The fourth-order valence-corrected chi connectivity index (χ4v) is 2.11.